The van der Waals surface area contributed by atoms with Gasteiger partial charge in [0.05, 0.1) is 12.1 Å². The number of benzene rings is 3. The summed E-state index contributed by atoms with van der Waals surface area (Å²) in [5.74, 6) is -0.967. The van der Waals surface area contributed by atoms with Crippen LogP contribution in [-0.2, 0) is 12.8 Å². The number of carbonyl (C=O) groups excluding carboxylic acids is 1. The van der Waals surface area contributed by atoms with Gasteiger partial charge in [0, 0.05) is 24.2 Å². The third kappa shape index (κ3) is 7.62. The number of nitrogens with one attached hydrogen (secondary N) is 2. The molecular formula is C31H36F2N2O3. The average Bonchev–Trinajstić information content (AvgIpc) is 2.85. The molecular weight excluding hydrogens is 486 g/mol. The van der Waals surface area contributed by atoms with Gasteiger partial charge in [0.25, 0.3) is 5.91 Å². The van der Waals surface area contributed by atoms with Crippen LogP contribution >= 0.6 is 0 Å². The molecule has 7 heteroatoms. The van der Waals surface area contributed by atoms with Crippen LogP contribution in [0.4, 0.5) is 8.78 Å². The Kier molecular flexibility index (Phi) is 8.80. The molecule has 0 heterocycles. The van der Waals surface area contributed by atoms with Crippen LogP contribution in [0.1, 0.15) is 66.7 Å². The van der Waals surface area contributed by atoms with Gasteiger partial charge in [-0.05, 0) is 99.5 Å². The summed E-state index contributed by atoms with van der Waals surface area (Å²) in [5, 5.41) is 17.5. The molecule has 1 aliphatic rings. The molecule has 3 aromatic carbocycles. The summed E-state index contributed by atoms with van der Waals surface area (Å²) in [5.41, 5.74) is 2.86. The molecule has 0 aliphatic heterocycles. The molecule has 0 spiro atoms. The molecule has 0 bridgehead atoms. The molecule has 1 aliphatic carbocycles. The molecule has 0 radical (unpaired) electrons. The van der Waals surface area contributed by atoms with E-state index in [9.17, 15) is 18.7 Å². The summed E-state index contributed by atoms with van der Waals surface area (Å²) in [6.45, 7) is 6.21. The fraction of sp³-hybridized carbons (Fsp3) is 0.387. The van der Waals surface area contributed by atoms with Crippen LogP contribution in [0.5, 0.6) is 5.75 Å². The topological polar surface area (TPSA) is 70.6 Å². The first-order chi connectivity index (χ1) is 18.1. The van der Waals surface area contributed by atoms with E-state index in [4.69, 9.17) is 4.74 Å². The van der Waals surface area contributed by atoms with E-state index < -0.39 is 23.8 Å². The van der Waals surface area contributed by atoms with Crippen molar-refractivity contribution in [2.45, 2.75) is 70.2 Å². The van der Waals surface area contributed by atoms with E-state index >= 15 is 0 Å². The summed E-state index contributed by atoms with van der Waals surface area (Å²) in [6, 6.07) is 17.3. The lowest BCUT2D eigenvalue weighted by Crippen LogP contribution is -2.49. The van der Waals surface area contributed by atoms with Crippen molar-refractivity contribution in [1.29, 1.82) is 0 Å². The highest BCUT2D eigenvalue weighted by Gasteiger charge is 2.26. The highest BCUT2D eigenvalue weighted by molar-refractivity contribution is 5.94. The second kappa shape index (κ2) is 12.0. The Bertz CT molecular complexity index is 1220. The number of rotatable bonds is 9. The van der Waals surface area contributed by atoms with E-state index in [-0.39, 0.29) is 30.5 Å². The van der Waals surface area contributed by atoms with Gasteiger partial charge in [-0.15, -0.1) is 0 Å². The molecule has 4 rings (SSSR count). The van der Waals surface area contributed by atoms with Crippen molar-refractivity contribution in [1.82, 2.24) is 10.6 Å². The fourth-order valence-electron chi connectivity index (χ4n) is 4.92. The van der Waals surface area contributed by atoms with Gasteiger partial charge < -0.3 is 20.5 Å². The maximum atomic E-state index is 13.9. The largest absolute Gasteiger partial charge is 0.488 e. The van der Waals surface area contributed by atoms with Crippen LogP contribution in [0.15, 0.2) is 66.7 Å². The Balaban J connectivity index is 1.50. The SMILES string of the molecule is CC(C)(C)Oc1ccc2c(c1)[C@@H](NCC(O)C(Cc1cc(F)cc(F)c1)NC(=O)c1ccccc1)CCC2. The summed E-state index contributed by atoms with van der Waals surface area (Å²) in [6.07, 6.45) is 1.95. The number of aryl methyl sites for hydroxylation is 1. The first kappa shape index (κ1) is 27.7. The molecule has 3 aromatic rings. The number of aliphatic hydroxyl groups is 1. The van der Waals surface area contributed by atoms with E-state index in [2.05, 4.69) is 22.8 Å². The van der Waals surface area contributed by atoms with Crippen LogP contribution in [0.2, 0.25) is 0 Å². The van der Waals surface area contributed by atoms with Crippen molar-refractivity contribution in [2.75, 3.05) is 6.54 Å². The van der Waals surface area contributed by atoms with Gasteiger partial charge in [0.1, 0.15) is 23.0 Å². The lowest BCUT2D eigenvalue weighted by molar-refractivity contribution is 0.0822. The third-order valence-corrected chi connectivity index (χ3v) is 6.62. The van der Waals surface area contributed by atoms with Crippen molar-refractivity contribution in [3.63, 3.8) is 0 Å². The van der Waals surface area contributed by atoms with Crippen LogP contribution in [0.3, 0.4) is 0 Å². The van der Waals surface area contributed by atoms with Crippen molar-refractivity contribution in [2.24, 2.45) is 0 Å². The van der Waals surface area contributed by atoms with Gasteiger partial charge in [0.15, 0.2) is 0 Å². The lowest BCUT2D eigenvalue weighted by atomic mass is 9.87. The van der Waals surface area contributed by atoms with Crippen molar-refractivity contribution < 1.29 is 23.4 Å². The highest BCUT2D eigenvalue weighted by atomic mass is 19.1. The van der Waals surface area contributed by atoms with Gasteiger partial charge in [-0.3, -0.25) is 4.79 Å². The fourth-order valence-corrected chi connectivity index (χ4v) is 4.92. The average molecular weight is 523 g/mol. The predicted molar refractivity (Wildman–Crippen MR) is 144 cm³/mol. The van der Waals surface area contributed by atoms with Crippen molar-refractivity contribution >= 4 is 5.91 Å². The second-order valence-corrected chi connectivity index (χ2v) is 10.9. The molecule has 202 valence electrons. The first-order valence-electron chi connectivity index (χ1n) is 13.1. The molecule has 0 aromatic heterocycles. The van der Waals surface area contributed by atoms with Gasteiger partial charge >= 0.3 is 0 Å². The Hall–Kier alpha value is -3.29. The minimum Gasteiger partial charge on any atom is -0.488 e. The monoisotopic (exact) mass is 522 g/mol. The number of amides is 1. The van der Waals surface area contributed by atoms with E-state index in [0.717, 1.165) is 36.6 Å². The van der Waals surface area contributed by atoms with Crippen LogP contribution in [-0.4, -0.2) is 35.3 Å². The molecule has 0 saturated heterocycles. The molecule has 5 nitrogen and oxygen atoms in total. The zero-order chi connectivity index (χ0) is 27.3. The predicted octanol–water partition coefficient (Wildman–Crippen LogP) is 5.51. The lowest BCUT2D eigenvalue weighted by Gasteiger charge is -2.31. The number of aliphatic hydroxyl groups excluding tert-OH is 1. The smallest absolute Gasteiger partial charge is 0.251 e. The number of hydrogen-bond acceptors (Lipinski definition) is 4. The molecule has 1 amide bonds. The normalized spacial score (nSPS) is 16.8. The number of carbonyl (C=O) groups is 1. The number of fused-ring (bicyclic) bond motifs is 1. The molecule has 38 heavy (non-hydrogen) atoms. The quantitative estimate of drug-likeness (QED) is 0.347. The molecule has 0 saturated carbocycles. The Labute approximate surface area is 223 Å². The second-order valence-electron chi connectivity index (χ2n) is 10.9. The van der Waals surface area contributed by atoms with E-state index in [1.807, 2.05) is 32.9 Å². The van der Waals surface area contributed by atoms with Crippen LogP contribution in [0.25, 0.3) is 0 Å². The zero-order valence-electron chi connectivity index (χ0n) is 22.1. The summed E-state index contributed by atoms with van der Waals surface area (Å²) >= 11 is 0. The third-order valence-electron chi connectivity index (χ3n) is 6.62. The highest BCUT2D eigenvalue weighted by Crippen LogP contribution is 2.33. The van der Waals surface area contributed by atoms with Crippen LogP contribution in [0, 0.1) is 11.6 Å². The van der Waals surface area contributed by atoms with E-state index in [1.54, 1.807) is 24.3 Å². The van der Waals surface area contributed by atoms with E-state index in [1.165, 1.54) is 17.7 Å². The number of hydrogen-bond donors (Lipinski definition) is 3. The summed E-state index contributed by atoms with van der Waals surface area (Å²) in [7, 11) is 0. The summed E-state index contributed by atoms with van der Waals surface area (Å²) < 4.78 is 33.8. The Morgan fingerprint density at radius 1 is 1.05 bits per heavy atom. The van der Waals surface area contributed by atoms with Crippen LogP contribution < -0.4 is 15.4 Å². The maximum Gasteiger partial charge on any atom is 0.251 e. The zero-order valence-corrected chi connectivity index (χ0v) is 22.1. The molecule has 3 N–H and O–H groups in total. The van der Waals surface area contributed by atoms with Crippen molar-refractivity contribution in [3.8, 4) is 5.75 Å². The molecule has 3 atom stereocenters. The Morgan fingerprint density at radius 3 is 2.45 bits per heavy atom. The number of ether oxygens (including phenoxy) is 1. The summed E-state index contributed by atoms with van der Waals surface area (Å²) in [4.78, 5) is 12.9. The number of halogens is 2. The first-order valence-corrected chi connectivity index (χ1v) is 13.1. The van der Waals surface area contributed by atoms with Crippen molar-refractivity contribution in [3.05, 3.63) is 101 Å². The van der Waals surface area contributed by atoms with Gasteiger partial charge in [-0.2, -0.15) is 0 Å². The minimum absolute atomic E-state index is 0.00834. The standard InChI is InChI=1S/C31H36F2N2O3/c1-31(2,3)38-25-13-12-21-10-7-11-27(26(21)18-25)34-19-29(36)28(16-20-14-23(32)17-24(33)15-20)35-30(37)22-8-5-4-6-9-22/h4-6,8-9,12-15,17-18,27-29,34,36H,7,10-11,16,19H2,1-3H3,(H,35,37)/t27-,28?,29?/m0/s1. The van der Waals surface area contributed by atoms with Gasteiger partial charge in [-0.1, -0.05) is 24.3 Å². The van der Waals surface area contributed by atoms with Gasteiger partial charge in [-0.25, -0.2) is 8.78 Å². The maximum absolute atomic E-state index is 13.9. The van der Waals surface area contributed by atoms with Gasteiger partial charge in [0.2, 0.25) is 0 Å². The Morgan fingerprint density at radius 2 is 1.76 bits per heavy atom. The minimum atomic E-state index is -1.01. The molecule has 2 unspecified atom stereocenters. The van der Waals surface area contributed by atoms with E-state index in [0.29, 0.717) is 11.1 Å². The molecule has 0 fully saturated rings.